The number of hydrogen-bond acceptors (Lipinski definition) is 3. The van der Waals surface area contributed by atoms with Crippen LogP contribution in [0.3, 0.4) is 0 Å². The van der Waals surface area contributed by atoms with Gasteiger partial charge in [0.1, 0.15) is 18.9 Å². The van der Waals surface area contributed by atoms with Crippen LogP contribution in [0.5, 0.6) is 11.5 Å². The fourth-order valence-electron chi connectivity index (χ4n) is 5.95. The zero-order valence-electron chi connectivity index (χ0n) is 28.2. The molecule has 0 heterocycles. The monoisotopic (exact) mass is 641 g/mol. The fraction of sp³-hybridized carbons (Fsp3) is 0.279. The van der Waals surface area contributed by atoms with Gasteiger partial charge in [0.25, 0.3) is 0 Å². The van der Waals surface area contributed by atoms with Crippen molar-refractivity contribution in [1.29, 1.82) is 0 Å². The first-order valence-corrected chi connectivity index (χ1v) is 17.2. The summed E-state index contributed by atoms with van der Waals surface area (Å²) >= 11 is 0. The number of likely N-dealkylation sites (N-methyl/N-ethyl adjacent to an activating group) is 1. The first-order chi connectivity index (χ1) is 23.6. The van der Waals surface area contributed by atoms with Crippen molar-refractivity contribution in [3.8, 4) is 11.5 Å². The number of nitrogens with zero attached hydrogens (tertiary/aromatic N) is 1. The first kappa shape index (κ1) is 34.5. The highest BCUT2D eigenvalue weighted by atomic mass is 16.5. The molecule has 0 aliphatic carbocycles. The van der Waals surface area contributed by atoms with Crippen molar-refractivity contribution in [1.82, 2.24) is 9.80 Å². The number of para-hydroxylation sites is 1. The molecule has 0 aliphatic heterocycles. The van der Waals surface area contributed by atoms with Crippen molar-refractivity contribution >= 4 is 11.6 Å². The Bertz CT molecular complexity index is 1650. The van der Waals surface area contributed by atoms with Gasteiger partial charge < -0.3 is 14.8 Å². The van der Waals surface area contributed by atoms with Crippen LogP contribution in [-0.4, -0.2) is 32.6 Å². The molecule has 5 aromatic carbocycles. The molecule has 1 amide bonds. The van der Waals surface area contributed by atoms with Gasteiger partial charge in [-0.2, -0.15) is 0 Å². The van der Waals surface area contributed by atoms with Gasteiger partial charge in [-0.15, -0.1) is 0 Å². The Morgan fingerprint density at radius 3 is 1.75 bits per heavy atom. The third-order valence-corrected chi connectivity index (χ3v) is 8.89. The highest BCUT2D eigenvalue weighted by Gasteiger charge is 2.24. The lowest BCUT2D eigenvalue weighted by atomic mass is 10.1. The highest BCUT2D eigenvalue weighted by Crippen LogP contribution is 2.31. The summed E-state index contributed by atoms with van der Waals surface area (Å²) in [5, 5.41) is 3.08. The summed E-state index contributed by atoms with van der Waals surface area (Å²) < 4.78 is 13.5. The van der Waals surface area contributed by atoms with Gasteiger partial charge in [-0.25, -0.2) is 0 Å². The van der Waals surface area contributed by atoms with Gasteiger partial charge in [-0.05, 0) is 72.2 Å². The maximum absolute atomic E-state index is 12.4. The van der Waals surface area contributed by atoms with Crippen LogP contribution >= 0.6 is 0 Å². The Morgan fingerprint density at radius 2 is 1.12 bits per heavy atom. The molecule has 5 aromatic rings. The Morgan fingerprint density at radius 1 is 0.562 bits per heavy atom. The minimum absolute atomic E-state index is 0.146. The number of ether oxygens (including phenoxy) is 2. The Hall–Kier alpha value is -4.87. The maximum Gasteiger partial charge on any atom is 0.220 e. The molecule has 5 nitrogen and oxygen atoms in total. The van der Waals surface area contributed by atoms with Crippen LogP contribution in [0, 0.1) is 0 Å². The standard InChI is InChI=1S/C43H48N2O3/c1-45(40-23-13-5-14-24-40,31-16-6-15-25-43(46)44-30-28-36-17-7-2-8-18-36)32-29-37-26-27-41(47-34-38-19-9-3-10-20-38)42(33-37)48-35-39-21-11-4-12-22-39/h2-5,7-14,17-24,26-27,33H,6,15-16,25,28-32,34-35H2,1H3/p+1. The van der Waals surface area contributed by atoms with Gasteiger partial charge in [0.2, 0.25) is 5.91 Å². The van der Waals surface area contributed by atoms with Crippen LogP contribution in [0.4, 0.5) is 5.69 Å². The van der Waals surface area contributed by atoms with Crippen LogP contribution in [0.15, 0.2) is 140 Å². The summed E-state index contributed by atoms with van der Waals surface area (Å²) in [7, 11) is 2.33. The molecule has 1 atom stereocenters. The number of nitrogens with one attached hydrogen (secondary N) is 1. The minimum atomic E-state index is 0.146. The van der Waals surface area contributed by atoms with Gasteiger partial charge in [0.15, 0.2) is 11.5 Å². The van der Waals surface area contributed by atoms with Crippen molar-refractivity contribution in [2.24, 2.45) is 0 Å². The molecule has 1 unspecified atom stereocenters. The molecule has 5 rings (SSSR count). The number of hydrogen-bond donors (Lipinski definition) is 1. The van der Waals surface area contributed by atoms with E-state index in [1.807, 2.05) is 54.6 Å². The van der Waals surface area contributed by atoms with Crippen molar-refractivity contribution in [2.45, 2.75) is 51.7 Å². The van der Waals surface area contributed by atoms with Crippen LogP contribution < -0.4 is 19.3 Å². The summed E-state index contributed by atoms with van der Waals surface area (Å²) in [6, 6.07) is 47.9. The minimum Gasteiger partial charge on any atom is -0.485 e. The lowest BCUT2D eigenvalue weighted by Gasteiger charge is -2.34. The molecule has 0 saturated heterocycles. The SMILES string of the molecule is C[N+](CCCCCC(=O)NCCc1ccccc1)(CCc1ccc(OCc2ccccc2)c(OCc2ccccc2)c1)c1ccccc1. The van der Waals surface area contributed by atoms with E-state index in [-0.39, 0.29) is 5.91 Å². The van der Waals surface area contributed by atoms with Crippen molar-refractivity contribution < 1.29 is 14.3 Å². The summed E-state index contributed by atoms with van der Waals surface area (Å²) in [6.45, 7) is 3.61. The number of unbranched alkanes of at least 4 members (excludes halogenated alkanes) is 2. The third kappa shape index (κ3) is 11.1. The van der Waals surface area contributed by atoms with Gasteiger partial charge in [0.05, 0.1) is 20.1 Å². The number of amides is 1. The zero-order chi connectivity index (χ0) is 33.3. The average molecular weight is 642 g/mol. The van der Waals surface area contributed by atoms with E-state index in [0.29, 0.717) is 26.2 Å². The van der Waals surface area contributed by atoms with E-state index >= 15 is 0 Å². The molecule has 48 heavy (non-hydrogen) atoms. The molecule has 5 heteroatoms. The van der Waals surface area contributed by atoms with Crippen LogP contribution in [0.2, 0.25) is 0 Å². The average Bonchev–Trinajstić information content (AvgIpc) is 3.14. The predicted molar refractivity (Wildman–Crippen MR) is 197 cm³/mol. The molecule has 0 radical (unpaired) electrons. The van der Waals surface area contributed by atoms with Crippen LogP contribution in [0.25, 0.3) is 0 Å². The second kappa shape index (κ2) is 18.5. The van der Waals surface area contributed by atoms with E-state index in [0.717, 1.165) is 72.3 Å². The van der Waals surface area contributed by atoms with Crippen molar-refractivity contribution in [2.75, 3.05) is 26.7 Å². The zero-order valence-corrected chi connectivity index (χ0v) is 28.2. The van der Waals surface area contributed by atoms with Crippen molar-refractivity contribution in [3.05, 3.63) is 162 Å². The van der Waals surface area contributed by atoms with Crippen LogP contribution in [-0.2, 0) is 30.8 Å². The molecule has 0 fully saturated rings. The molecular formula is C43H49N2O3+. The van der Waals surface area contributed by atoms with Gasteiger partial charge in [-0.1, -0.05) is 115 Å². The largest absolute Gasteiger partial charge is 0.485 e. The second-order valence-electron chi connectivity index (χ2n) is 12.7. The Labute approximate surface area is 286 Å². The van der Waals surface area contributed by atoms with E-state index in [4.69, 9.17) is 9.47 Å². The van der Waals surface area contributed by atoms with E-state index in [2.05, 4.69) is 97.3 Å². The topological polar surface area (TPSA) is 47.6 Å². The number of carbonyl (C=O) groups excluding carboxylic acids is 1. The maximum atomic E-state index is 12.4. The summed E-state index contributed by atoms with van der Waals surface area (Å²) in [4.78, 5) is 12.4. The van der Waals surface area contributed by atoms with Crippen molar-refractivity contribution in [3.63, 3.8) is 0 Å². The molecule has 0 aromatic heterocycles. The van der Waals surface area contributed by atoms with E-state index in [1.54, 1.807) is 0 Å². The molecule has 248 valence electrons. The van der Waals surface area contributed by atoms with E-state index in [9.17, 15) is 4.79 Å². The Kier molecular flexibility index (Phi) is 13.3. The summed E-state index contributed by atoms with van der Waals surface area (Å²) in [6.07, 6.45) is 5.32. The van der Waals surface area contributed by atoms with E-state index in [1.165, 1.54) is 16.8 Å². The first-order valence-electron chi connectivity index (χ1n) is 17.2. The van der Waals surface area contributed by atoms with Gasteiger partial charge in [-0.3, -0.25) is 9.28 Å². The third-order valence-electron chi connectivity index (χ3n) is 8.89. The lowest BCUT2D eigenvalue weighted by Crippen LogP contribution is -2.47. The summed E-state index contributed by atoms with van der Waals surface area (Å²) in [5.74, 6) is 1.67. The normalized spacial score (nSPS) is 12.2. The number of quaternary nitrogens is 1. The van der Waals surface area contributed by atoms with Gasteiger partial charge in [0, 0.05) is 19.4 Å². The summed E-state index contributed by atoms with van der Waals surface area (Å²) in [5.41, 5.74) is 6.02. The number of benzene rings is 5. The molecule has 1 N–H and O–H groups in total. The molecule has 0 bridgehead atoms. The lowest BCUT2D eigenvalue weighted by molar-refractivity contribution is -0.121. The molecule has 0 saturated carbocycles. The van der Waals surface area contributed by atoms with E-state index < -0.39 is 0 Å². The fourth-order valence-corrected chi connectivity index (χ4v) is 5.95. The van der Waals surface area contributed by atoms with Gasteiger partial charge >= 0.3 is 0 Å². The molecular weight excluding hydrogens is 592 g/mol. The molecule has 0 aliphatic rings. The number of carbonyl (C=O) groups is 1. The quantitative estimate of drug-likeness (QED) is 0.0724. The number of rotatable bonds is 19. The van der Waals surface area contributed by atoms with Crippen LogP contribution in [0.1, 0.15) is 47.9 Å². The highest BCUT2D eigenvalue weighted by molar-refractivity contribution is 5.75. The molecule has 0 spiro atoms. The second-order valence-corrected chi connectivity index (χ2v) is 12.7. The Balaban J connectivity index is 1.17. The predicted octanol–water partition coefficient (Wildman–Crippen LogP) is 8.94. The smallest absolute Gasteiger partial charge is 0.220 e.